The first-order chi connectivity index (χ1) is 30.4. The van der Waals surface area contributed by atoms with Gasteiger partial charge in [0.1, 0.15) is 31.3 Å². The number of aryl methyl sites for hydroxylation is 1. The topological polar surface area (TPSA) is 186 Å². The standard InChI is InChI=1S/2C16H17ClO5.C14H13ClO4/c2*1-2-9-20-12-5-3-11(4-6-12)10-21-15-14(18)13(7-8-17)22-16(15)19;1-9-2-4-10(5-3-9)8-18-13-12(16)11(6-7-15)19-14(13)17/h2*3-7,18H,2,8-10H2,1H3;2-6,16H,7-8H2,1H3/b2*13-7+;11-6+. The molecule has 0 amide bonds. The molecule has 3 heterocycles. The second-order valence-corrected chi connectivity index (χ2v) is 14.1. The van der Waals surface area contributed by atoms with E-state index in [1.165, 1.54) is 18.2 Å². The third-order valence-corrected chi connectivity index (χ3v) is 8.82. The summed E-state index contributed by atoms with van der Waals surface area (Å²) in [5.41, 5.74) is 3.71. The number of halogens is 3. The molecule has 3 N–H and O–H groups in total. The van der Waals surface area contributed by atoms with Crippen LogP contribution in [-0.2, 0) is 62.6 Å². The summed E-state index contributed by atoms with van der Waals surface area (Å²) in [7, 11) is 0. The van der Waals surface area contributed by atoms with E-state index < -0.39 is 17.9 Å². The van der Waals surface area contributed by atoms with Gasteiger partial charge in [0.15, 0.2) is 17.3 Å². The lowest BCUT2D eigenvalue weighted by atomic mass is 10.2. The molecule has 0 spiro atoms. The Morgan fingerprint density at radius 2 is 0.762 bits per heavy atom. The van der Waals surface area contributed by atoms with Gasteiger partial charge in [0.25, 0.3) is 17.3 Å². The van der Waals surface area contributed by atoms with Gasteiger partial charge in [0.05, 0.1) is 13.2 Å². The van der Waals surface area contributed by atoms with Crippen LogP contribution in [0.15, 0.2) is 143 Å². The van der Waals surface area contributed by atoms with Crippen LogP contribution in [0, 0.1) is 6.92 Å². The average molecular weight is 930 g/mol. The van der Waals surface area contributed by atoms with Crippen LogP contribution >= 0.6 is 34.8 Å². The number of carbonyl (C=O) groups is 3. The lowest BCUT2D eigenvalue weighted by Crippen LogP contribution is -2.04. The molecule has 0 fully saturated rings. The highest BCUT2D eigenvalue weighted by Gasteiger charge is 2.33. The summed E-state index contributed by atoms with van der Waals surface area (Å²) in [6, 6.07) is 22.3. The normalized spacial score (nSPS) is 16.3. The Labute approximate surface area is 379 Å². The molecular formula is C46H47Cl3O14. The van der Waals surface area contributed by atoms with Gasteiger partial charge in [-0.15, -0.1) is 34.8 Å². The highest BCUT2D eigenvalue weighted by molar-refractivity contribution is 6.19. The number of benzene rings is 3. The molecule has 0 saturated carbocycles. The molecule has 3 aliphatic rings. The maximum absolute atomic E-state index is 11.6. The second kappa shape index (κ2) is 25.7. The van der Waals surface area contributed by atoms with E-state index in [0.29, 0.717) is 13.2 Å². The SMILES string of the molecule is CCCOc1ccc(COC2=C(O)/C(=C\CCl)OC2=O)cc1.CCCOc1ccc(COC2=C(O)/C(=C\CCl)OC2=O)cc1.Cc1ccc(COC2=C(O)/C(=C\CCl)OC2=O)cc1. The van der Waals surface area contributed by atoms with Crippen LogP contribution in [0.5, 0.6) is 11.5 Å². The predicted octanol–water partition coefficient (Wildman–Crippen LogP) is 9.84. The number of allylic oxidation sites excluding steroid dienone is 3. The summed E-state index contributed by atoms with van der Waals surface area (Å²) in [6.07, 6.45) is 6.07. The summed E-state index contributed by atoms with van der Waals surface area (Å²) in [6.45, 7) is 7.84. The molecular weight excluding hydrogens is 883 g/mol. The van der Waals surface area contributed by atoms with Crippen molar-refractivity contribution in [2.24, 2.45) is 0 Å². The second-order valence-electron chi connectivity index (χ2n) is 13.2. The third kappa shape index (κ3) is 15.0. The van der Waals surface area contributed by atoms with Gasteiger partial charge >= 0.3 is 17.9 Å². The fraction of sp³-hybridized carbons (Fsp3) is 0.283. The Hall–Kier alpha value is -6.22. The molecule has 6 rings (SSSR count). The highest BCUT2D eigenvalue weighted by atomic mass is 35.5. The predicted molar refractivity (Wildman–Crippen MR) is 234 cm³/mol. The Balaban J connectivity index is 0.000000208. The summed E-state index contributed by atoms with van der Waals surface area (Å²) in [4.78, 5) is 34.7. The minimum Gasteiger partial charge on any atom is -0.501 e. The van der Waals surface area contributed by atoms with Crippen LogP contribution in [0.3, 0.4) is 0 Å². The first-order valence-electron chi connectivity index (χ1n) is 19.6. The third-order valence-electron chi connectivity index (χ3n) is 8.36. The highest BCUT2D eigenvalue weighted by Crippen LogP contribution is 2.28. The summed E-state index contributed by atoms with van der Waals surface area (Å²) < 4.78 is 41.5. The van der Waals surface area contributed by atoms with Crippen molar-refractivity contribution in [1.29, 1.82) is 0 Å². The maximum atomic E-state index is 11.6. The number of carbonyl (C=O) groups excluding carboxylic acids is 3. The van der Waals surface area contributed by atoms with E-state index in [9.17, 15) is 29.7 Å². The monoisotopic (exact) mass is 928 g/mol. The van der Waals surface area contributed by atoms with E-state index in [-0.39, 0.29) is 89.3 Å². The lowest BCUT2D eigenvalue weighted by Gasteiger charge is -2.07. The minimum absolute atomic E-state index is 0.0262. The zero-order valence-electron chi connectivity index (χ0n) is 34.7. The molecule has 17 heteroatoms. The van der Waals surface area contributed by atoms with E-state index in [2.05, 4.69) is 0 Å². The van der Waals surface area contributed by atoms with Crippen molar-refractivity contribution in [3.8, 4) is 11.5 Å². The Bertz CT molecular complexity index is 2120. The summed E-state index contributed by atoms with van der Waals surface area (Å²) >= 11 is 16.5. The summed E-state index contributed by atoms with van der Waals surface area (Å²) in [5, 5.41) is 29.4. The minimum atomic E-state index is -0.725. The van der Waals surface area contributed by atoms with Crippen molar-refractivity contribution in [3.63, 3.8) is 0 Å². The molecule has 0 aliphatic carbocycles. The molecule has 3 aromatic rings. The quantitative estimate of drug-likeness (QED) is 0.0622. The van der Waals surface area contributed by atoms with Crippen molar-refractivity contribution >= 4 is 52.7 Å². The van der Waals surface area contributed by atoms with Gasteiger partial charge < -0.3 is 53.2 Å². The van der Waals surface area contributed by atoms with Crippen LogP contribution in [0.4, 0.5) is 0 Å². The maximum Gasteiger partial charge on any atom is 0.383 e. The Kier molecular flexibility index (Phi) is 20.1. The van der Waals surface area contributed by atoms with Crippen molar-refractivity contribution in [1.82, 2.24) is 0 Å². The number of cyclic esters (lactones) is 3. The zero-order valence-corrected chi connectivity index (χ0v) is 37.0. The van der Waals surface area contributed by atoms with Crippen molar-refractivity contribution in [2.45, 2.75) is 53.4 Å². The molecule has 0 atom stereocenters. The summed E-state index contributed by atoms with van der Waals surface area (Å²) in [5.74, 6) is -1.68. The van der Waals surface area contributed by atoms with Crippen molar-refractivity contribution in [3.05, 3.63) is 165 Å². The van der Waals surface area contributed by atoms with Gasteiger partial charge in [-0.05, 0) is 78.9 Å². The first-order valence-corrected chi connectivity index (χ1v) is 21.2. The fourth-order valence-electron chi connectivity index (χ4n) is 5.17. The Morgan fingerprint density at radius 1 is 0.476 bits per heavy atom. The molecule has 336 valence electrons. The largest absolute Gasteiger partial charge is 0.501 e. The van der Waals surface area contributed by atoms with E-state index in [1.807, 2.05) is 93.6 Å². The molecule has 0 bridgehead atoms. The van der Waals surface area contributed by atoms with Crippen LogP contribution < -0.4 is 9.47 Å². The molecule has 0 unspecified atom stereocenters. The van der Waals surface area contributed by atoms with Crippen LogP contribution in [0.1, 0.15) is 48.9 Å². The van der Waals surface area contributed by atoms with E-state index >= 15 is 0 Å². The number of alkyl halides is 3. The van der Waals surface area contributed by atoms with Gasteiger partial charge in [-0.25, -0.2) is 14.4 Å². The number of esters is 3. The zero-order chi connectivity index (χ0) is 45.7. The molecule has 3 aromatic carbocycles. The van der Waals surface area contributed by atoms with Crippen LogP contribution in [0.2, 0.25) is 0 Å². The van der Waals surface area contributed by atoms with Gasteiger partial charge in [0.2, 0.25) is 17.3 Å². The number of hydrogen-bond donors (Lipinski definition) is 3. The van der Waals surface area contributed by atoms with Gasteiger partial charge in [-0.2, -0.15) is 0 Å². The molecule has 14 nitrogen and oxygen atoms in total. The van der Waals surface area contributed by atoms with E-state index in [4.69, 9.17) is 72.7 Å². The molecule has 63 heavy (non-hydrogen) atoms. The van der Waals surface area contributed by atoms with Crippen molar-refractivity contribution in [2.75, 3.05) is 30.9 Å². The Morgan fingerprint density at radius 3 is 1.03 bits per heavy atom. The number of aliphatic hydroxyl groups excluding tert-OH is 3. The number of ether oxygens (including phenoxy) is 8. The van der Waals surface area contributed by atoms with Gasteiger partial charge in [-0.3, -0.25) is 0 Å². The number of aliphatic hydroxyl groups is 3. The van der Waals surface area contributed by atoms with Gasteiger partial charge in [-0.1, -0.05) is 67.9 Å². The van der Waals surface area contributed by atoms with Crippen LogP contribution in [-0.4, -0.2) is 64.1 Å². The van der Waals surface area contributed by atoms with Crippen molar-refractivity contribution < 1.29 is 67.6 Å². The smallest absolute Gasteiger partial charge is 0.383 e. The fourth-order valence-corrected chi connectivity index (χ4v) is 5.59. The number of hydrogen-bond acceptors (Lipinski definition) is 14. The van der Waals surface area contributed by atoms with E-state index in [0.717, 1.165) is 46.6 Å². The van der Waals surface area contributed by atoms with Crippen LogP contribution in [0.25, 0.3) is 0 Å². The molecule has 3 aliphatic heterocycles. The molecule has 0 saturated heterocycles. The molecule has 0 aromatic heterocycles. The number of rotatable bonds is 18. The lowest BCUT2D eigenvalue weighted by molar-refractivity contribution is -0.137. The van der Waals surface area contributed by atoms with E-state index in [1.54, 1.807) is 0 Å². The van der Waals surface area contributed by atoms with Gasteiger partial charge in [0, 0.05) is 17.6 Å². The first kappa shape index (κ1) is 49.4. The molecule has 0 radical (unpaired) electrons. The average Bonchev–Trinajstić information content (AvgIpc) is 3.83.